The largest absolute Gasteiger partial charge is 0.481 e. The molecule has 1 saturated carbocycles. The summed E-state index contributed by atoms with van der Waals surface area (Å²) in [6, 6.07) is -0.293. The Hall–Kier alpha value is -1.63. The van der Waals surface area contributed by atoms with Gasteiger partial charge in [0.2, 0.25) is 11.8 Å². The Kier molecular flexibility index (Phi) is 5.55. The monoisotopic (exact) mass is 298 g/mol. The van der Waals surface area contributed by atoms with Gasteiger partial charge in [0.05, 0.1) is 13.2 Å². The van der Waals surface area contributed by atoms with Crippen LogP contribution in [0.4, 0.5) is 0 Å². The molecule has 1 unspecified atom stereocenters. The lowest BCUT2D eigenvalue weighted by atomic mass is 10.1. The van der Waals surface area contributed by atoms with Gasteiger partial charge >= 0.3 is 5.97 Å². The number of hydrogen-bond donors (Lipinski definition) is 2. The van der Waals surface area contributed by atoms with Crippen molar-refractivity contribution in [3.8, 4) is 0 Å². The van der Waals surface area contributed by atoms with Gasteiger partial charge in [-0.3, -0.25) is 14.4 Å². The van der Waals surface area contributed by atoms with Crippen molar-refractivity contribution in [2.45, 2.75) is 50.6 Å². The van der Waals surface area contributed by atoms with Crippen molar-refractivity contribution in [1.29, 1.82) is 0 Å². The highest BCUT2D eigenvalue weighted by Crippen LogP contribution is 2.20. The van der Waals surface area contributed by atoms with E-state index in [4.69, 9.17) is 9.84 Å². The van der Waals surface area contributed by atoms with Gasteiger partial charge in [-0.2, -0.15) is 0 Å². The molecule has 118 valence electrons. The van der Waals surface area contributed by atoms with Crippen molar-refractivity contribution >= 4 is 17.8 Å². The molecule has 2 N–H and O–H groups in total. The third-order valence-corrected chi connectivity index (χ3v) is 3.71. The molecule has 1 saturated heterocycles. The van der Waals surface area contributed by atoms with E-state index in [-0.39, 0.29) is 37.3 Å². The number of amides is 2. The number of nitrogens with one attached hydrogen (secondary N) is 1. The highest BCUT2D eigenvalue weighted by Gasteiger charge is 2.35. The first-order valence-electron chi connectivity index (χ1n) is 7.47. The molecule has 0 spiro atoms. The van der Waals surface area contributed by atoms with Crippen LogP contribution in [0.25, 0.3) is 0 Å². The van der Waals surface area contributed by atoms with Gasteiger partial charge in [0.25, 0.3) is 0 Å². The van der Waals surface area contributed by atoms with Crippen molar-refractivity contribution in [3.63, 3.8) is 0 Å². The molecule has 0 aromatic carbocycles. The lowest BCUT2D eigenvalue weighted by Crippen LogP contribution is -2.56. The summed E-state index contributed by atoms with van der Waals surface area (Å²) in [7, 11) is 0. The molecular formula is C14H22N2O5. The van der Waals surface area contributed by atoms with Gasteiger partial charge in [-0.15, -0.1) is 0 Å². The number of carboxylic acid groups (broad SMARTS) is 1. The van der Waals surface area contributed by atoms with Gasteiger partial charge in [-0.05, 0) is 25.7 Å². The summed E-state index contributed by atoms with van der Waals surface area (Å²) in [4.78, 5) is 36.3. The summed E-state index contributed by atoms with van der Waals surface area (Å²) in [6.07, 6.45) is 3.36. The average molecular weight is 298 g/mol. The van der Waals surface area contributed by atoms with Crippen molar-refractivity contribution in [2.75, 3.05) is 19.8 Å². The molecule has 1 atom stereocenters. The third-order valence-electron chi connectivity index (χ3n) is 3.71. The second-order valence-corrected chi connectivity index (χ2v) is 5.56. The maximum atomic E-state index is 12.2. The van der Waals surface area contributed by atoms with E-state index in [1.165, 1.54) is 0 Å². The van der Waals surface area contributed by atoms with E-state index in [0.717, 1.165) is 12.8 Å². The molecule has 1 aliphatic carbocycles. The Balaban J connectivity index is 1.80. The smallest absolute Gasteiger partial charge is 0.303 e. The predicted molar refractivity (Wildman–Crippen MR) is 73.6 cm³/mol. The van der Waals surface area contributed by atoms with Crippen LogP contribution >= 0.6 is 0 Å². The van der Waals surface area contributed by atoms with Gasteiger partial charge in [0.15, 0.2) is 0 Å². The molecular weight excluding hydrogens is 276 g/mol. The maximum Gasteiger partial charge on any atom is 0.303 e. The normalized spacial score (nSPS) is 21.9. The van der Waals surface area contributed by atoms with Crippen LogP contribution in [0.1, 0.15) is 38.5 Å². The molecule has 21 heavy (non-hydrogen) atoms. The molecule has 2 aliphatic rings. The molecule has 2 fully saturated rings. The number of carboxylic acids is 1. The minimum absolute atomic E-state index is 0.0714. The lowest BCUT2D eigenvalue weighted by Gasteiger charge is -2.34. The van der Waals surface area contributed by atoms with E-state index >= 15 is 0 Å². The van der Waals surface area contributed by atoms with Gasteiger partial charge in [0, 0.05) is 25.4 Å². The molecule has 0 radical (unpaired) electrons. The molecule has 0 bridgehead atoms. The van der Waals surface area contributed by atoms with Crippen LogP contribution in [-0.2, 0) is 19.1 Å². The molecule has 7 nitrogen and oxygen atoms in total. The van der Waals surface area contributed by atoms with Crippen LogP contribution in [0.15, 0.2) is 0 Å². The Bertz CT molecular complexity index is 408. The highest BCUT2D eigenvalue weighted by molar-refractivity contribution is 5.88. The third kappa shape index (κ3) is 5.00. The van der Waals surface area contributed by atoms with Crippen molar-refractivity contribution in [3.05, 3.63) is 0 Å². The zero-order chi connectivity index (χ0) is 15.2. The first-order chi connectivity index (χ1) is 10.1. The fourth-order valence-electron chi connectivity index (χ4n) is 2.34. The maximum absolute atomic E-state index is 12.2. The molecule has 0 aromatic rings. The number of aliphatic carboxylic acids is 1. The summed E-state index contributed by atoms with van der Waals surface area (Å²) in [5.41, 5.74) is 0. The number of ether oxygens (including phenoxy) is 1. The van der Waals surface area contributed by atoms with E-state index in [9.17, 15) is 14.4 Å². The van der Waals surface area contributed by atoms with Crippen LogP contribution < -0.4 is 5.32 Å². The number of nitrogens with zero attached hydrogens (tertiary/aromatic N) is 1. The summed E-state index contributed by atoms with van der Waals surface area (Å²) < 4.78 is 5.31. The van der Waals surface area contributed by atoms with E-state index in [1.807, 2.05) is 0 Å². The van der Waals surface area contributed by atoms with Crippen LogP contribution in [0.3, 0.4) is 0 Å². The highest BCUT2D eigenvalue weighted by atomic mass is 16.5. The molecule has 1 aliphatic heterocycles. The van der Waals surface area contributed by atoms with Gasteiger partial charge in [-0.25, -0.2) is 0 Å². The first kappa shape index (κ1) is 15.8. The van der Waals surface area contributed by atoms with E-state index in [0.29, 0.717) is 26.0 Å². The second-order valence-electron chi connectivity index (χ2n) is 5.56. The first-order valence-corrected chi connectivity index (χ1v) is 7.47. The Morgan fingerprint density at radius 3 is 2.57 bits per heavy atom. The summed E-state index contributed by atoms with van der Waals surface area (Å²) >= 11 is 0. The number of carbonyl (C=O) groups excluding carboxylic acids is 2. The number of unbranched alkanes of at least 4 members (excludes halogenated alkanes) is 1. The zero-order valence-electron chi connectivity index (χ0n) is 12.0. The van der Waals surface area contributed by atoms with Crippen LogP contribution in [0.5, 0.6) is 0 Å². The van der Waals surface area contributed by atoms with Crippen LogP contribution in [-0.4, -0.2) is 59.6 Å². The van der Waals surface area contributed by atoms with E-state index in [2.05, 4.69) is 5.32 Å². The topological polar surface area (TPSA) is 95.9 Å². The summed E-state index contributed by atoms with van der Waals surface area (Å²) in [6.45, 7) is 1.09. The van der Waals surface area contributed by atoms with Gasteiger partial charge in [0.1, 0.15) is 6.04 Å². The number of hydrogen-bond acceptors (Lipinski definition) is 4. The van der Waals surface area contributed by atoms with Crippen molar-refractivity contribution in [1.82, 2.24) is 10.2 Å². The molecule has 7 heteroatoms. The lowest BCUT2D eigenvalue weighted by molar-refractivity contribution is -0.148. The number of morpholine rings is 1. The Labute approximate surface area is 123 Å². The fraction of sp³-hybridized carbons (Fsp3) is 0.786. The van der Waals surface area contributed by atoms with Gasteiger partial charge < -0.3 is 20.1 Å². The predicted octanol–water partition coefficient (Wildman–Crippen LogP) is 0.137. The average Bonchev–Trinajstić information content (AvgIpc) is 3.27. The molecule has 2 amide bonds. The van der Waals surface area contributed by atoms with E-state index < -0.39 is 12.0 Å². The molecule has 0 aromatic heterocycles. The summed E-state index contributed by atoms with van der Waals surface area (Å²) in [5, 5.41) is 11.5. The second kappa shape index (κ2) is 7.40. The van der Waals surface area contributed by atoms with E-state index in [1.54, 1.807) is 4.90 Å². The standard InChI is InChI=1S/C14H22N2O5/c17-12(3-1-2-4-13(18)19)16-7-8-21-9-11(16)14(20)15-10-5-6-10/h10-11H,1-9H2,(H,15,20)(H,18,19). The summed E-state index contributed by atoms with van der Waals surface area (Å²) in [5.74, 6) is -1.09. The van der Waals surface area contributed by atoms with Gasteiger partial charge in [-0.1, -0.05) is 0 Å². The van der Waals surface area contributed by atoms with Crippen LogP contribution in [0.2, 0.25) is 0 Å². The number of carbonyl (C=O) groups is 3. The van der Waals surface area contributed by atoms with Crippen LogP contribution in [0, 0.1) is 0 Å². The van der Waals surface area contributed by atoms with Crippen molar-refractivity contribution in [2.24, 2.45) is 0 Å². The quantitative estimate of drug-likeness (QED) is 0.652. The minimum Gasteiger partial charge on any atom is -0.481 e. The number of rotatable bonds is 7. The zero-order valence-corrected chi connectivity index (χ0v) is 12.0. The minimum atomic E-state index is -0.851. The SMILES string of the molecule is O=C(O)CCCCC(=O)N1CCOCC1C(=O)NC1CC1. The van der Waals surface area contributed by atoms with Crippen molar-refractivity contribution < 1.29 is 24.2 Å². The Morgan fingerprint density at radius 1 is 1.19 bits per heavy atom. The Morgan fingerprint density at radius 2 is 1.90 bits per heavy atom. The molecule has 2 rings (SSSR count). The fourth-order valence-corrected chi connectivity index (χ4v) is 2.34. The molecule has 1 heterocycles.